The largest absolute Gasteiger partial charge is 0.455 e. The van der Waals surface area contributed by atoms with Gasteiger partial charge in [0.2, 0.25) is 0 Å². The van der Waals surface area contributed by atoms with Crippen molar-refractivity contribution in [3.63, 3.8) is 0 Å². The second kappa shape index (κ2) is 5.87. The van der Waals surface area contributed by atoms with E-state index >= 15 is 0 Å². The molecule has 1 heterocycles. The molecule has 1 N–H and O–H groups in total. The molecule has 108 valence electrons. The molecule has 21 heavy (non-hydrogen) atoms. The first-order valence-electron chi connectivity index (χ1n) is 6.38. The molecule has 0 aliphatic carbocycles. The summed E-state index contributed by atoms with van der Waals surface area (Å²) < 4.78 is 32.4. The van der Waals surface area contributed by atoms with Crippen molar-refractivity contribution in [1.29, 1.82) is 0 Å². The number of aliphatic hydroxyl groups excluding tert-OH is 1. The average molecular weight is 306 g/mol. The molecule has 1 unspecified atom stereocenters. The lowest BCUT2D eigenvalue weighted by molar-refractivity contribution is 0.176. The van der Waals surface area contributed by atoms with Gasteiger partial charge in [0.05, 0.1) is 0 Å². The zero-order chi connectivity index (χ0) is 14.8. The highest BCUT2D eigenvalue weighted by molar-refractivity contribution is 7.99. The van der Waals surface area contributed by atoms with E-state index in [0.717, 1.165) is 0 Å². The molecule has 0 bridgehead atoms. The summed E-state index contributed by atoms with van der Waals surface area (Å²) in [4.78, 5) is 0.457. The van der Waals surface area contributed by atoms with E-state index in [4.69, 9.17) is 4.42 Å². The zero-order valence-electron chi connectivity index (χ0n) is 10.9. The van der Waals surface area contributed by atoms with Crippen LogP contribution in [0.4, 0.5) is 8.78 Å². The van der Waals surface area contributed by atoms with Crippen LogP contribution in [0.3, 0.4) is 0 Å². The molecule has 0 aliphatic rings. The molecule has 0 spiro atoms. The van der Waals surface area contributed by atoms with Crippen LogP contribution >= 0.6 is 11.8 Å². The molecule has 2 aromatic carbocycles. The molecule has 0 amide bonds. The highest BCUT2D eigenvalue weighted by Crippen LogP contribution is 2.30. The SMILES string of the molecule is OC(CSc1ccccc1F)c1cc2cccc(F)c2o1. The number of hydrogen-bond acceptors (Lipinski definition) is 3. The van der Waals surface area contributed by atoms with Gasteiger partial charge in [0.15, 0.2) is 11.4 Å². The fourth-order valence-electron chi connectivity index (χ4n) is 2.02. The summed E-state index contributed by atoms with van der Waals surface area (Å²) in [5.41, 5.74) is 0.127. The van der Waals surface area contributed by atoms with Crippen molar-refractivity contribution in [2.24, 2.45) is 0 Å². The molecule has 0 fully saturated rings. The monoisotopic (exact) mass is 306 g/mol. The quantitative estimate of drug-likeness (QED) is 0.719. The first kappa shape index (κ1) is 14.1. The van der Waals surface area contributed by atoms with E-state index < -0.39 is 11.9 Å². The number of aliphatic hydroxyl groups is 1. The van der Waals surface area contributed by atoms with Gasteiger partial charge in [0.25, 0.3) is 0 Å². The van der Waals surface area contributed by atoms with Crippen molar-refractivity contribution >= 4 is 22.7 Å². The Kier molecular flexibility index (Phi) is 3.94. The summed E-state index contributed by atoms with van der Waals surface area (Å²) in [7, 11) is 0. The van der Waals surface area contributed by atoms with Gasteiger partial charge in [-0.15, -0.1) is 11.8 Å². The second-order valence-electron chi connectivity index (χ2n) is 4.56. The van der Waals surface area contributed by atoms with Crippen LogP contribution in [0.1, 0.15) is 11.9 Å². The Balaban J connectivity index is 1.76. The lowest BCUT2D eigenvalue weighted by Crippen LogP contribution is -1.99. The van der Waals surface area contributed by atoms with Gasteiger partial charge in [0.1, 0.15) is 17.7 Å². The van der Waals surface area contributed by atoms with E-state index in [1.807, 2.05) is 0 Å². The lowest BCUT2D eigenvalue weighted by Gasteiger charge is -2.07. The third-order valence-electron chi connectivity index (χ3n) is 3.08. The summed E-state index contributed by atoms with van der Waals surface area (Å²) in [5.74, 6) is -0.292. The maximum Gasteiger partial charge on any atom is 0.170 e. The lowest BCUT2D eigenvalue weighted by atomic mass is 10.2. The molecule has 3 aromatic rings. The predicted molar refractivity (Wildman–Crippen MR) is 78.3 cm³/mol. The number of benzene rings is 2. The normalized spacial score (nSPS) is 12.7. The van der Waals surface area contributed by atoms with Crippen LogP contribution in [0.25, 0.3) is 11.0 Å². The standard InChI is InChI=1S/C16H12F2O2S/c17-11-5-1-2-7-15(11)21-9-13(19)14-8-10-4-3-6-12(18)16(10)20-14/h1-8,13,19H,9H2. The van der Waals surface area contributed by atoms with Gasteiger partial charge >= 0.3 is 0 Å². The third kappa shape index (κ3) is 2.94. The van der Waals surface area contributed by atoms with Crippen LogP contribution in [-0.2, 0) is 0 Å². The van der Waals surface area contributed by atoms with Crippen molar-refractivity contribution in [3.8, 4) is 0 Å². The first-order chi connectivity index (χ1) is 10.1. The number of halogens is 2. The van der Waals surface area contributed by atoms with Gasteiger partial charge < -0.3 is 9.52 Å². The highest BCUT2D eigenvalue weighted by atomic mass is 32.2. The number of rotatable bonds is 4. The van der Waals surface area contributed by atoms with Crippen molar-refractivity contribution in [3.05, 3.63) is 65.9 Å². The fraction of sp³-hybridized carbons (Fsp3) is 0.125. The van der Waals surface area contributed by atoms with Crippen molar-refractivity contribution in [1.82, 2.24) is 0 Å². The Bertz CT molecular complexity index is 770. The topological polar surface area (TPSA) is 33.4 Å². The minimum Gasteiger partial charge on any atom is -0.455 e. The first-order valence-corrected chi connectivity index (χ1v) is 7.37. The van der Waals surface area contributed by atoms with Crippen LogP contribution in [-0.4, -0.2) is 10.9 Å². The van der Waals surface area contributed by atoms with Crippen molar-refractivity contribution < 1.29 is 18.3 Å². The molecular weight excluding hydrogens is 294 g/mol. The maximum atomic E-state index is 13.5. The van der Waals surface area contributed by atoms with E-state index in [9.17, 15) is 13.9 Å². The minimum atomic E-state index is -0.929. The third-order valence-corrected chi connectivity index (χ3v) is 4.20. The number of hydrogen-bond donors (Lipinski definition) is 1. The van der Waals surface area contributed by atoms with Gasteiger partial charge in [-0.1, -0.05) is 24.3 Å². The molecular formula is C16H12F2O2S. The van der Waals surface area contributed by atoms with Crippen LogP contribution in [0.5, 0.6) is 0 Å². The van der Waals surface area contributed by atoms with Crippen LogP contribution in [0.2, 0.25) is 0 Å². The van der Waals surface area contributed by atoms with Gasteiger partial charge in [-0.25, -0.2) is 8.78 Å². The molecule has 3 rings (SSSR count). The minimum absolute atomic E-state index is 0.127. The van der Waals surface area contributed by atoms with E-state index in [1.54, 1.807) is 36.4 Å². The number of para-hydroxylation sites is 1. The Hall–Kier alpha value is -1.85. The number of thioether (sulfide) groups is 1. The number of fused-ring (bicyclic) bond motifs is 1. The van der Waals surface area contributed by atoms with E-state index in [-0.39, 0.29) is 22.9 Å². The van der Waals surface area contributed by atoms with Crippen molar-refractivity contribution in [2.75, 3.05) is 5.75 Å². The van der Waals surface area contributed by atoms with Crippen LogP contribution in [0.15, 0.2) is 57.8 Å². The molecule has 0 radical (unpaired) electrons. The van der Waals surface area contributed by atoms with Crippen molar-refractivity contribution in [2.45, 2.75) is 11.0 Å². The van der Waals surface area contributed by atoms with Crippen LogP contribution in [0, 0.1) is 11.6 Å². The van der Waals surface area contributed by atoms with E-state index in [0.29, 0.717) is 10.3 Å². The molecule has 0 aliphatic heterocycles. The fourth-order valence-corrected chi connectivity index (χ4v) is 2.91. The Morgan fingerprint density at radius 3 is 2.57 bits per heavy atom. The Morgan fingerprint density at radius 1 is 1.05 bits per heavy atom. The Morgan fingerprint density at radius 2 is 1.81 bits per heavy atom. The molecule has 1 atom stereocenters. The summed E-state index contributed by atoms with van der Waals surface area (Å²) in [6.45, 7) is 0. The zero-order valence-corrected chi connectivity index (χ0v) is 11.7. The van der Waals surface area contributed by atoms with Gasteiger partial charge in [-0.05, 0) is 24.3 Å². The summed E-state index contributed by atoms with van der Waals surface area (Å²) in [5, 5.41) is 10.7. The number of furan rings is 1. The smallest absolute Gasteiger partial charge is 0.170 e. The van der Waals surface area contributed by atoms with Gasteiger partial charge in [0, 0.05) is 16.0 Å². The molecule has 0 saturated heterocycles. The summed E-state index contributed by atoms with van der Waals surface area (Å²) >= 11 is 1.19. The summed E-state index contributed by atoms with van der Waals surface area (Å²) in [6, 6.07) is 12.5. The second-order valence-corrected chi connectivity index (χ2v) is 5.63. The van der Waals surface area contributed by atoms with Gasteiger partial charge in [-0.3, -0.25) is 0 Å². The van der Waals surface area contributed by atoms with E-state index in [2.05, 4.69) is 0 Å². The maximum absolute atomic E-state index is 13.5. The average Bonchev–Trinajstić information content (AvgIpc) is 2.92. The van der Waals surface area contributed by atoms with Crippen LogP contribution < -0.4 is 0 Å². The highest BCUT2D eigenvalue weighted by Gasteiger charge is 2.16. The van der Waals surface area contributed by atoms with E-state index in [1.165, 1.54) is 23.9 Å². The molecule has 5 heteroatoms. The van der Waals surface area contributed by atoms with Gasteiger partial charge in [-0.2, -0.15) is 0 Å². The summed E-state index contributed by atoms with van der Waals surface area (Å²) in [6.07, 6.45) is -0.929. The predicted octanol–water partition coefficient (Wildman–Crippen LogP) is 4.54. The molecule has 1 aromatic heterocycles. The molecule has 2 nitrogen and oxygen atoms in total. The Labute approximate surface area is 124 Å². The molecule has 0 saturated carbocycles.